The molecule has 0 amide bonds. The molecule has 1 atom stereocenters. The zero-order chi connectivity index (χ0) is 14.7. The van der Waals surface area contributed by atoms with Crippen molar-refractivity contribution in [2.45, 2.75) is 6.04 Å². The predicted molar refractivity (Wildman–Crippen MR) is 85.2 cm³/mol. The molecule has 0 spiro atoms. The van der Waals surface area contributed by atoms with Crippen LogP contribution in [0.4, 0.5) is 4.39 Å². The molecule has 4 nitrogen and oxygen atoms in total. The summed E-state index contributed by atoms with van der Waals surface area (Å²) in [7, 11) is 1.50. The smallest absolute Gasteiger partial charge is 0.165 e. The fourth-order valence-corrected chi connectivity index (χ4v) is 2.87. The lowest BCUT2D eigenvalue weighted by molar-refractivity contribution is 0.176. The molecule has 0 saturated carbocycles. The van der Waals surface area contributed by atoms with Crippen LogP contribution in [-0.4, -0.2) is 38.2 Å². The number of ether oxygens (including phenoxy) is 1. The van der Waals surface area contributed by atoms with Crippen LogP contribution < -0.4 is 10.1 Å². The van der Waals surface area contributed by atoms with E-state index in [4.69, 9.17) is 9.15 Å². The molecular weight excluding hydrogens is 307 g/mol. The molecule has 0 bridgehead atoms. The molecule has 1 aliphatic heterocycles. The van der Waals surface area contributed by atoms with Gasteiger partial charge in [0, 0.05) is 31.7 Å². The van der Waals surface area contributed by atoms with Crippen molar-refractivity contribution < 1.29 is 13.5 Å². The Labute approximate surface area is 135 Å². The van der Waals surface area contributed by atoms with Gasteiger partial charge in [0.15, 0.2) is 11.6 Å². The number of piperazine rings is 1. The summed E-state index contributed by atoms with van der Waals surface area (Å²) >= 11 is 0. The van der Waals surface area contributed by atoms with Gasteiger partial charge in [-0.15, -0.1) is 12.4 Å². The third-order valence-corrected chi connectivity index (χ3v) is 3.83. The van der Waals surface area contributed by atoms with Gasteiger partial charge in [-0.3, -0.25) is 4.90 Å². The van der Waals surface area contributed by atoms with E-state index in [1.54, 1.807) is 12.3 Å². The number of hydrogen-bond donors (Lipinski definition) is 1. The normalized spacial score (nSPS) is 16.8. The Morgan fingerprint density at radius 3 is 2.64 bits per heavy atom. The Kier molecular flexibility index (Phi) is 5.83. The van der Waals surface area contributed by atoms with Crippen LogP contribution in [0.3, 0.4) is 0 Å². The molecule has 1 aliphatic rings. The average molecular weight is 327 g/mol. The van der Waals surface area contributed by atoms with E-state index in [-0.39, 0.29) is 30.0 Å². The third kappa shape index (κ3) is 3.27. The zero-order valence-electron chi connectivity index (χ0n) is 12.4. The van der Waals surface area contributed by atoms with Gasteiger partial charge in [0.05, 0.1) is 19.4 Å². The first-order valence-electron chi connectivity index (χ1n) is 7.12. The van der Waals surface area contributed by atoms with E-state index in [0.717, 1.165) is 37.5 Å². The summed E-state index contributed by atoms with van der Waals surface area (Å²) in [6.45, 7) is 3.58. The highest BCUT2D eigenvalue weighted by Crippen LogP contribution is 2.36. The molecule has 0 radical (unpaired) electrons. The number of para-hydroxylation sites is 1. The quantitative estimate of drug-likeness (QED) is 0.937. The van der Waals surface area contributed by atoms with Gasteiger partial charge >= 0.3 is 0 Å². The Morgan fingerprint density at radius 2 is 2.00 bits per heavy atom. The maximum atomic E-state index is 14.0. The summed E-state index contributed by atoms with van der Waals surface area (Å²) in [5.74, 6) is 0.750. The molecule has 3 rings (SSSR count). The minimum atomic E-state index is -0.346. The van der Waals surface area contributed by atoms with Crippen molar-refractivity contribution in [3.8, 4) is 5.75 Å². The predicted octanol–water partition coefficient (Wildman–Crippen LogP) is 2.84. The van der Waals surface area contributed by atoms with E-state index in [1.165, 1.54) is 13.2 Å². The van der Waals surface area contributed by atoms with E-state index >= 15 is 0 Å². The number of nitrogens with one attached hydrogen (secondary N) is 1. The van der Waals surface area contributed by atoms with Gasteiger partial charge in [-0.05, 0) is 18.2 Å². The largest absolute Gasteiger partial charge is 0.493 e. The highest BCUT2D eigenvalue weighted by atomic mass is 35.5. The molecule has 1 aromatic carbocycles. The minimum absolute atomic E-state index is 0. The number of nitrogens with zero attached hydrogens (tertiary/aromatic N) is 1. The van der Waals surface area contributed by atoms with Gasteiger partial charge in [-0.2, -0.15) is 0 Å². The molecule has 2 heterocycles. The molecule has 1 saturated heterocycles. The highest BCUT2D eigenvalue weighted by molar-refractivity contribution is 5.85. The maximum Gasteiger partial charge on any atom is 0.165 e. The average Bonchev–Trinajstić information content (AvgIpc) is 3.03. The van der Waals surface area contributed by atoms with Crippen molar-refractivity contribution in [1.82, 2.24) is 10.2 Å². The van der Waals surface area contributed by atoms with Gasteiger partial charge in [0.2, 0.25) is 0 Å². The number of halogens is 2. The lowest BCUT2D eigenvalue weighted by atomic mass is 10.0. The SMILES string of the molecule is COc1c(F)cccc1[C@@H](c1ccco1)N1CCNCC1.Cl. The summed E-state index contributed by atoms with van der Waals surface area (Å²) in [5, 5.41) is 3.33. The van der Waals surface area contributed by atoms with Crippen LogP contribution in [0, 0.1) is 5.82 Å². The van der Waals surface area contributed by atoms with E-state index < -0.39 is 0 Å². The van der Waals surface area contributed by atoms with Gasteiger partial charge in [-0.25, -0.2) is 4.39 Å². The van der Waals surface area contributed by atoms with Crippen LogP contribution >= 0.6 is 12.4 Å². The minimum Gasteiger partial charge on any atom is -0.493 e. The molecule has 6 heteroatoms. The van der Waals surface area contributed by atoms with Crippen molar-refractivity contribution in [3.05, 3.63) is 53.7 Å². The second-order valence-electron chi connectivity index (χ2n) is 5.07. The van der Waals surface area contributed by atoms with Gasteiger partial charge < -0.3 is 14.5 Å². The summed E-state index contributed by atoms with van der Waals surface area (Å²) in [5.41, 5.74) is 0.800. The third-order valence-electron chi connectivity index (χ3n) is 3.83. The monoisotopic (exact) mass is 326 g/mol. The van der Waals surface area contributed by atoms with Crippen LogP contribution in [0.2, 0.25) is 0 Å². The van der Waals surface area contributed by atoms with E-state index in [1.807, 2.05) is 18.2 Å². The molecule has 1 N–H and O–H groups in total. The fraction of sp³-hybridized carbons (Fsp3) is 0.375. The van der Waals surface area contributed by atoms with Crippen molar-refractivity contribution in [3.63, 3.8) is 0 Å². The van der Waals surface area contributed by atoms with E-state index in [0.29, 0.717) is 0 Å². The number of benzene rings is 1. The van der Waals surface area contributed by atoms with Gasteiger partial charge in [0.1, 0.15) is 5.76 Å². The molecule has 0 aliphatic carbocycles. The van der Waals surface area contributed by atoms with Crippen LogP contribution in [-0.2, 0) is 0 Å². The van der Waals surface area contributed by atoms with Gasteiger partial charge in [-0.1, -0.05) is 12.1 Å². The molecule has 1 fully saturated rings. The number of hydrogen-bond acceptors (Lipinski definition) is 4. The number of rotatable bonds is 4. The Hall–Kier alpha value is -1.56. The summed E-state index contributed by atoms with van der Waals surface area (Å²) in [6.07, 6.45) is 1.65. The van der Waals surface area contributed by atoms with Crippen LogP contribution in [0.25, 0.3) is 0 Å². The van der Waals surface area contributed by atoms with Crippen LogP contribution in [0.15, 0.2) is 41.0 Å². The number of furan rings is 1. The molecule has 22 heavy (non-hydrogen) atoms. The first-order chi connectivity index (χ1) is 10.3. The Morgan fingerprint density at radius 1 is 1.23 bits per heavy atom. The van der Waals surface area contributed by atoms with Crippen molar-refractivity contribution in [2.75, 3.05) is 33.3 Å². The molecular formula is C16H20ClFN2O2. The molecule has 120 valence electrons. The maximum absolute atomic E-state index is 14.0. The zero-order valence-corrected chi connectivity index (χ0v) is 13.2. The van der Waals surface area contributed by atoms with Crippen molar-refractivity contribution in [2.24, 2.45) is 0 Å². The number of methoxy groups -OCH3 is 1. The van der Waals surface area contributed by atoms with E-state index in [2.05, 4.69) is 10.2 Å². The molecule has 1 aromatic heterocycles. The van der Waals surface area contributed by atoms with Crippen LogP contribution in [0.1, 0.15) is 17.4 Å². The lowest BCUT2D eigenvalue weighted by Gasteiger charge is -2.34. The van der Waals surface area contributed by atoms with Crippen molar-refractivity contribution >= 4 is 12.4 Å². The summed E-state index contributed by atoms with van der Waals surface area (Å²) in [6, 6.07) is 8.68. The molecule has 0 unspecified atom stereocenters. The van der Waals surface area contributed by atoms with Gasteiger partial charge in [0.25, 0.3) is 0 Å². The molecule has 2 aromatic rings. The second-order valence-corrected chi connectivity index (χ2v) is 5.07. The second kappa shape index (κ2) is 7.63. The fourth-order valence-electron chi connectivity index (χ4n) is 2.87. The van der Waals surface area contributed by atoms with Crippen molar-refractivity contribution in [1.29, 1.82) is 0 Å². The van der Waals surface area contributed by atoms with E-state index in [9.17, 15) is 4.39 Å². The summed E-state index contributed by atoms with van der Waals surface area (Å²) in [4.78, 5) is 2.28. The summed E-state index contributed by atoms with van der Waals surface area (Å²) < 4.78 is 24.9. The Bertz CT molecular complexity index is 586. The standard InChI is InChI=1S/C16H19FN2O2.ClH/c1-20-16-12(4-2-5-13(16)17)15(14-6-3-11-21-14)19-9-7-18-8-10-19;/h2-6,11,15,18H,7-10H2,1H3;1H/t15-;/m0./s1. The van der Waals surface area contributed by atoms with Crippen LogP contribution in [0.5, 0.6) is 5.75 Å². The topological polar surface area (TPSA) is 37.6 Å². The first kappa shape index (κ1) is 16.8. The highest BCUT2D eigenvalue weighted by Gasteiger charge is 2.29. The first-order valence-corrected chi connectivity index (χ1v) is 7.12. The lowest BCUT2D eigenvalue weighted by Crippen LogP contribution is -2.45. The Balaban J connectivity index is 0.00000176.